The number of pyridine rings is 1. The van der Waals surface area contributed by atoms with Crippen LogP contribution in [0.3, 0.4) is 0 Å². The second-order valence-corrected chi connectivity index (χ2v) is 14.7. The summed E-state index contributed by atoms with van der Waals surface area (Å²) in [5.41, 5.74) is 1.23. The summed E-state index contributed by atoms with van der Waals surface area (Å²) in [4.78, 5) is 45.6. The van der Waals surface area contributed by atoms with E-state index in [1.165, 1.54) is 36.7 Å². The molecule has 2 aliphatic rings. The molecule has 2 N–H and O–H groups in total. The number of anilines is 1. The van der Waals surface area contributed by atoms with Gasteiger partial charge in [-0.25, -0.2) is 17.6 Å². The van der Waals surface area contributed by atoms with E-state index in [0.717, 1.165) is 4.31 Å². The molecule has 0 unspecified atom stereocenters. The molecule has 16 heteroatoms. The summed E-state index contributed by atoms with van der Waals surface area (Å²) in [5, 5.41) is 15.0. The number of piperidine rings is 1. The molecule has 0 radical (unpaired) electrons. The molecule has 0 aliphatic carbocycles. The van der Waals surface area contributed by atoms with Gasteiger partial charge in [-0.2, -0.15) is 9.57 Å². The molecule has 264 valence electrons. The van der Waals surface area contributed by atoms with Gasteiger partial charge >= 0.3 is 5.97 Å². The Kier molecular flexibility index (Phi) is 12.1. The number of aromatic nitrogens is 1. The van der Waals surface area contributed by atoms with Gasteiger partial charge in [0.05, 0.1) is 38.7 Å². The fraction of sp³-hybridized carbons (Fsp3) is 0.382. The summed E-state index contributed by atoms with van der Waals surface area (Å²) in [6.07, 6.45) is 2.40. The zero-order valence-electron chi connectivity index (χ0n) is 27.0. The van der Waals surface area contributed by atoms with Gasteiger partial charge in [-0.05, 0) is 62.1 Å². The van der Waals surface area contributed by atoms with E-state index in [0.29, 0.717) is 37.2 Å². The van der Waals surface area contributed by atoms with E-state index < -0.39 is 46.1 Å². The molecule has 0 spiro atoms. The van der Waals surface area contributed by atoms with E-state index in [-0.39, 0.29) is 58.1 Å². The average molecular weight is 746 g/mol. The second kappa shape index (κ2) is 16.3. The number of carbonyl (C=O) groups excluding carboxylic acids is 3. The lowest BCUT2D eigenvalue weighted by molar-refractivity contribution is -0.147. The molecule has 2 aromatic carbocycles. The highest BCUT2D eigenvalue weighted by Gasteiger charge is 2.47. The van der Waals surface area contributed by atoms with E-state index in [4.69, 9.17) is 27.9 Å². The van der Waals surface area contributed by atoms with Gasteiger partial charge in [0.15, 0.2) is 0 Å². The number of nitriles is 1. The Labute approximate surface area is 299 Å². The van der Waals surface area contributed by atoms with Crippen molar-refractivity contribution in [1.82, 2.24) is 19.5 Å². The highest BCUT2D eigenvalue weighted by molar-refractivity contribution is 7.89. The van der Waals surface area contributed by atoms with Crippen molar-refractivity contribution < 1.29 is 31.9 Å². The van der Waals surface area contributed by atoms with E-state index in [2.05, 4.69) is 15.6 Å². The molecule has 12 nitrogen and oxygen atoms in total. The Morgan fingerprint density at radius 1 is 1.10 bits per heavy atom. The summed E-state index contributed by atoms with van der Waals surface area (Å²) >= 11 is 12.2. The standard InChI is InChI=1S/C34H35Cl2FN6O6S/c1-2-49-34(46)29(15-21-6-8-24(9-7-21)40-33(45)31-27(35)18-39-19-28(31)36)41-32(44)30-16-25(42-12-10-23(37)11-13-42)20-43(30)50(47,48)26-5-3-4-22(14-26)17-38/h3-9,14,18-19,23,25,29-30H,2,10-13,15-16,20H2,1H3,(H,40,45)(H,41,44)/t25-,29+,30+/m1/s1. The number of amides is 2. The van der Waals surface area contributed by atoms with E-state index in [1.807, 2.05) is 11.0 Å². The van der Waals surface area contributed by atoms with Crippen LogP contribution in [0.25, 0.3) is 0 Å². The van der Waals surface area contributed by atoms with Gasteiger partial charge in [0.1, 0.15) is 18.3 Å². The molecule has 0 saturated carbocycles. The summed E-state index contributed by atoms with van der Waals surface area (Å²) in [6, 6.07) is 11.3. The molecule has 3 atom stereocenters. The number of sulfonamides is 1. The van der Waals surface area contributed by atoms with Crippen molar-refractivity contribution in [3.8, 4) is 6.07 Å². The van der Waals surface area contributed by atoms with Crippen molar-refractivity contribution in [3.63, 3.8) is 0 Å². The predicted molar refractivity (Wildman–Crippen MR) is 184 cm³/mol. The van der Waals surface area contributed by atoms with Crippen LogP contribution < -0.4 is 10.6 Å². The highest BCUT2D eigenvalue weighted by atomic mass is 35.5. The number of alkyl halides is 1. The van der Waals surface area contributed by atoms with Crippen molar-refractivity contribution in [3.05, 3.63) is 87.7 Å². The first-order valence-corrected chi connectivity index (χ1v) is 18.2. The van der Waals surface area contributed by atoms with Crippen LogP contribution in [0.5, 0.6) is 0 Å². The van der Waals surface area contributed by atoms with Gasteiger partial charge in [-0.15, -0.1) is 0 Å². The first-order valence-electron chi connectivity index (χ1n) is 16.0. The molecule has 2 aliphatic heterocycles. The number of nitrogens with zero attached hydrogens (tertiary/aromatic N) is 4. The van der Waals surface area contributed by atoms with E-state index >= 15 is 0 Å². The molecular formula is C34H35Cl2FN6O6S. The molecule has 2 saturated heterocycles. The Morgan fingerprint density at radius 2 is 1.78 bits per heavy atom. The third-order valence-electron chi connectivity index (χ3n) is 8.70. The van der Waals surface area contributed by atoms with Crippen molar-refractivity contribution in [2.75, 3.05) is 31.6 Å². The van der Waals surface area contributed by atoms with Gasteiger partial charge in [0.2, 0.25) is 15.9 Å². The second-order valence-electron chi connectivity index (χ2n) is 12.0. The monoisotopic (exact) mass is 744 g/mol. The molecule has 5 rings (SSSR count). The van der Waals surface area contributed by atoms with Gasteiger partial charge in [-0.1, -0.05) is 41.4 Å². The smallest absolute Gasteiger partial charge is 0.328 e. The molecular weight excluding hydrogens is 710 g/mol. The predicted octanol–water partition coefficient (Wildman–Crippen LogP) is 4.37. The van der Waals surface area contributed by atoms with E-state index in [1.54, 1.807) is 31.2 Å². The minimum Gasteiger partial charge on any atom is -0.464 e. The lowest BCUT2D eigenvalue weighted by Crippen LogP contribution is -2.51. The number of esters is 1. The van der Waals surface area contributed by atoms with Crippen LogP contribution >= 0.6 is 23.2 Å². The number of rotatable bonds is 11. The maximum absolute atomic E-state index is 14.0. The molecule has 2 amide bonds. The topological polar surface area (TPSA) is 162 Å². The number of halogens is 3. The first-order chi connectivity index (χ1) is 23.9. The quantitative estimate of drug-likeness (QED) is 0.272. The zero-order chi connectivity index (χ0) is 36.0. The Balaban J connectivity index is 1.35. The van der Waals surface area contributed by atoms with E-state index in [9.17, 15) is 32.5 Å². The van der Waals surface area contributed by atoms with Crippen LogP contribution in [0.15, 0.2) is 65.8 Å². The zero-order valence-corrected chi connectivity index (χ0v) is 29.3. The fourth-order valence-electron chi connectivity index (χ4n) is 6.13. The molecule has 1 aromatic heterocycles. The molecule has 3 heterocycles. The van der Waals surface area contributed by atoms with Crippen molar-refractivity contribution in [2.24, 2.45) is 0 Å². The van der Waals surface area contributed by atoms with Crippen molar-refractivity contribution in [2.45, 2.75) is 61.8 Å². The SMILES string of the molecule is CCOC(=O)[C@H](Cc1ccc(NC(=O)c2c(Cl)cncc2Cl)cc1)NC(=O)[C@@H]1C[C@@H](N2CCC(F)CC2)CN1S(=O)(=O)c1cccc(C#N)c1. The number of ether oxygens (including phenoxy) is 1. The maximum atomic E-state index is 14.0. The van der Waals surface area contributed by atoms with Crippen LogP contribution in [0.2, 0.25) is 10.0 Å². The molecule has 2 fully saturated rings. The summed E-state index contributed by atoms with van der Waals surface area (Å²) in [5.74, 6) is -1.95. The maximum Gasteiger partial charge on any atom is 0.328 e. The Morgan fingerprint density at radius 3 is 2.42 bits per heavy atom. The third-order valence-corrected chi connectivity index (χ3v) is 11.1. The van der Waals surface area contributed by atoms with Crippen molar-refractivity contribution >= 4 is 56.7 Å². The molecule has 3 aromatic rings. The van der Waals surface area contributed by atoms with Crippen LogP contribution in [-0.4, -0.2) is 90.9 Å². The van der Waals surface area contributed by atoms with Crippen molar-refractivity contribution in [1.29, 1.82) is 5.26 Å². The minimum atomic E-state index is -4.26. The number of nitrogens with one attached hydrogen (secondary N) is 2. The van der Waals surface area contributed by atoms with Gasteiger partial charge in [0.25, 0.3) is 5.91 Å². The molecule has 0 bridgehead atoms. The highest BCUT2D eigenvalue weighted by Crippen LogP contribution is 2.31. The first kappa shape index (κ1) is 37.1. The lowest BCUT2D eigenvalue weighted by atomic mass is 10.0. The fourth-order valence-corrected chi connectivity index (χ4v) is 8.35. The minimum absolute atomic E-state index is 0.00205. The average Bonchev–Trinajstić information content (AvgIpc) is 3.56. The number of hydrogen-bond acceptors (Lipinski definition) is 9. The van der Waals surface area contributed by atoms with Gasteiger partial charge in [0, 0.05) is 50.2 Å². The van der Waals surface area contributed by atoms with Crippen LogP contribution in [0, 0.1) is 11.3 Å². The largest absolute Gasteiger partial charge is 0.464 e. The van der Waals surface area contributed by atoms with Crippen LogP contribution in [0.1, 0.15) is 47.7 Å². The molecule has 50 heavy (non-hydrogen) atoms. The summed E-state index contributed by atoms with van der Waals surface area (Å²) in [7, 11) is -4.26. The normalized spacial score (nSPS) is 19.3. The lowest BCUT2D eigenvalue weighted by Gasteiger charge is -2.33. The number of hydrogen-bond donors (Lipinski definition) is 2. The third kappa shape index (κ3) is 8.59. The van der Waals surface area contributed by atoms with Crippen LogP contribution in [0.4, 0.5) is 10.1 Å². The van der Waals surface area contributed by atoms with Gasteiger partial charge in [-0.3, -0.25) is 19.5 Å². The van der Waals surface area contributed by atoms with Crippen LogP contribution in [-0.2, 0) is 30.8 Å². The summed E-state index contributed by atoms with van der Waals surface area (Å²) in [6.45, 7) is 2.48. The Bertz CT molecular complexity index is 1870. The number of benzene rings is 2. The number of likely N-dealkylation sites (tertiary alicyclic amines) is 1. The Hall–Kier alpha value is -4.13. The van der Waals surface area contributed by atoms with Gasteiger partial charge < -0.3 is 15.4 Å². The summed E-state index contributed by atoms with van der Waals surface area (Å²) < 4.78 is 48.2. The number of carbonyl (C=O) groups is 3.